The zero-order chi connectivity index (χ0) is 55.5. The molecule has 0 spiro atoms. The van der Waals surface area contributed by atoms with Crippen molar-refractivity contribution < 1.29 is 52.2 Å². The Hall–Kier alpha value is -2.30. The van der Waals surface area contributed by atoms with E-state index in [2.05, 4.69) is 57.2 Å². The van der Waals surface area contributed by atoms with Crippen LogP contribution in [0.15, 0.2) is 36.5 Å². The van der Waals surface area contributed by atoms with Crippen molar-refractivity contribution in [2.75, 3.05) is 26.4 Å². The lowest BCUT2D eigenvalue weighted by atomic mass is 10.0. The minimum Gasteiger partial charge on any atom is -0.462 e. The molecule has 0 saturated heterocycles. The summed E-state index contributed by atoms with van der Waals surface area (Å²) in [5.41, 5.74) is 0. The van der Waals surface area contributed by atoms with Gasteiger partial charge in [0.25, 0.3) is 0 Å². The van der Waals surface area contributed by atoms with Crippen LogP contribution in [0.5, 0.6) is 0 Å². The molecule has 0 bridgehead atoms. The second-order valence-electron chi connectivity index (χ2n) is 21.6. The van der Waals surface area contributed by atoms with Crippen LogP contribution in [-0.4, -0.2) is 66.5 Å². The summed E-state index contributed by atoms with van der Waals surface area (Å²) in [5, 5.41) is 9.84. The summed E-state index contributed by atoms with van der Waals surface area (Å²) in [6, 6.07) is 0. The number of carbonyl (C=O) groups excluding carboxylic acids is 3. The molecule has 0 aliphatic carbocycles. The van der Waals surface area contributed by atoms with Crippen molar-refractivity contribution >= 4 is 25.7 Å². The van der Waals surface area contributed by atoms with Gasteiger partial charge in [-0.1, -0.05) is 276 Å². The quantitative estimate of drug-likeness (QED) is 0.0197. The number of allylic oxidation sites excluding steroid dienone is 6. The Bertz CT molecular complexity index is 1420. The largest absolute Gasteiger partial charge is 0.472 e. The lowest BCUT2D eigenvalue weighted by Crippen LogP contribution is -2.30. The van der Waals surface area contributed by atoms with Gasteiger partial charge in [-0.15, -0.1) is 0 Å². The topological polar surface area (TPSA) is 155 Å². The average molecular weight is 1100 g/mol. The molecule has 12 heteroatoms. The van der Waals surface area contributed by atoms with E-state index in [0.717, 1.165) is 89.9 Å². The van der Waals surface area contributed by atoms with Crippen molar-refractivity contribution in [2.24, 2.45) is 0 Å². The Morgan fingerprint density at radius 1 is 0.368 bits per heavy atom. The predicted octanol–water partition coefficient (Wildman–Crippen LogP) is 19.2. The van der Waals surface area contributed by atoms with E-state index in [1.54, 1.807) is 0 Å². The number of ether oxygens (including phenoxy) is 3. The van der Waals surface area contributed by atoms with Crippen molar-refractivity contribution in [1.82, 2.24) is 0 Å². The number of hydrogen-bond acceptors (Lipinski definition) is 10. The van der Waals surface area contributed by atoms with Crippen LogP contribution in [0, 0.1) is 0 Å². The van der Waals surface area contributed by atoms with Crippen molar-refractivity contribution in [3.63, 3.8) is 0 Å². The summed E-state index contributed by atoms with van der Waals surface area (Å²) < 4.78 is 39.7. The van der Waals surface area contributed by atoms with Crippen LogP contribution in [0.25, 0.3) is 0 Å². The SMILES string of the molecule is CCCCC/C=C\C/C=C\C/C=C\CCCCCCCCC(=O)OCC(COP(=O)(O)OCC(CO)OC(=O)CCCCCCCCCCCCCCCCC)OC(=O)CCCCCCCCCCCCCCCCC. The van der Waals surface area contributed by atoms with Crippen molar-refractivity contribution in [2.45, 2.75) is 328 Å². The molecule has 0 heterocycles. The van der Waals surface area contributed by atoms with Crippen molar-refractivity contribution in [1.29, 1.82) is 0 Å². The Labute approximate surface area is 467 Å². The van der Waals surface area contributed by atoms with Gasteiger partial charge in [-0.25, -0.2) is 4.57 Å². The lowest BCUT2D eigenvalue weighted by Gasteiger charge is -2.21. The second kappa shape index (κ2) is 58.8. The Morgan fingerprint density at radius 2 is 0.645 bits per heavy atom. The van der Waals surface area contributed by atoms with Gasteiger partial charge in [0.1, 0.15) is 12.7 Å². The van der Waals surface area contributed by atoms with Gasteiger partial charge in [0.15, 0.2) is 6.10 Å². The molecule has 76 heavy (non-hydrogen) atoms. The van der Waals surface area contributed by atoms with Gasteiger partial charge >= 0.3 is 25.7 Å². The number of phosphoric ester groups is 1. The Morgan fingerprint density at radius 3 is 1.01 bits per heavy atom. The van der Waals surface area contributed by atoms with Gasteiger partial charge in [-0.05, 0) is 57.8 Å². The fourth-order valence-electron chi connectivity index (χ4n) is 9.19. The maximum atomic E-state index is 12.9. The summed E-state index contributed by atoms with van der Waals surface area (Å²) in [5.74, 6) is -1.45. The summed E-state index contributed by atoms with van der Waals surface area (Å²) in [6.07, 6.45) is 62.3. The number of aliphatic hydroxyl groups excluding tert-OH is 1. The van der Waals surface area contributed by atoms with Crippen molar-refractivity contribution in [3.8, 4) is 0 Å². The molecule has 0 aromatic carbocycles. The Balaban J connectivity index is 4.67. The summed E-state index contributed by atoms with van der Waals surface area (Å²) in [7, 11) is -4.75. The molecule has 0 saturated carbocycles. The molecule has 0 radical (unpaired) electrons. The molecule has 2 N–H and O–H groups in total. The molecule has 11 nitrogen and oxygen atoms in total. The average Bonchev–Trinajstić information content (AvgIpc) is 3.41. The molecule has 0 aromatic heterocycles. The van der Waals surface area contributed by atoms with Crippen LogP contribution in [-0.2, 0) is 42.2 Å². The second-order valence-corrected chi connectivity index (χ2v) is 23.0. The predicted molar refractivity (Wildman–Crippen MR) is 316 cm³/mol. The van der Waals surface area contributed by atoms with Crippen LogP contribution in [0.2, 0.25) is 0 Å². The molecule has 0 rings (SSSR count). The molecule has 0 fully saturated rings. The highest BCUT2D eigenvalue weighted by Crippen LogP contribution is 2.43. The van der Waals surface area contributed by atoms with Gasteiger partial charge < -0.3 is 24.2 Å². The monoisotopic (exact) mass is 1090 g/mol. The van der Waals surface area contributed by atoms with E-state index in [-0.39, 0.29) is 25.9 Å². The number of aliphatic hydroxyl groups is 1. The van der Waals surface area contributed by atoms with E-state index in [0.29, 0.717) is 19.3 Å². The van der Waals surface area contributed by atoms with Gasteiger partial charge in [-0.3, -0.25) is 23.4 Å². The maximum absolute atomic E-state index is 12.9. The minimum absolute atomic E-state index is 0.171. The number of hydrogen-bond donors (Lipinski definition) is 2. The first-order valence-electron chi connectivity index (χ1n) is 31.9. The first-order chi connectivity index (χ1) is 37.2. The van der Waals surface area contributed by atoms with E-state index in [4.69, 9.17) is 23.3 Å². The highest BCUT2D eigenvalue weighted by Gasteiger charge is 2.28. The molecular weight excluding hydrogens is 976 g/mol. The number of esters is 3. The van der Waals surface area contributed by atoms with Gasteiger partial charge in [0.05, 0.1) is 19.8 Å². The highest BCUT2D eigenvalue weighted by atomic mass is 31.2. The third-order valence-electron chi connectivity index (χ3n) is 14.1. The third-order valence-corrected chi connectivity index (χ3v) is 15.0. The number of carbonyl (C=O) groups is 3. The third kappa shape index (κ3) is 56.4. The molecule has 0 amide bonds. The van der Waals surface area contributed by atoms with E-state index in [9.17, 15) is 28.9 Å². The summed E-state index contributed by atoms with van der Waals surface area (Å²) >= 11 is 0. The minimum atomic E-state index is -4.75. The first kappa shape index (κ1) is 73.7. The number of rotatable bonds is 60. The molecule has 3 atom stereocenters. The Kier molecular flexibility index (Phi) is 57.1. The van der Waals surface area contributed by atoms with Gasteiger partial charge in [-0.2, -0.15) is 0 Å². The highest BCUT2D eigenvalue weighted by molar-refractivity contribution is 7.47. The van der Waals surface area contributed by atoms with Crippen LogP contribution >= 0.6 is 7.82 Å². The summed E-state index contributed by atoms with van der Waals surface area (Å²) in [6.45, 7) is 4.67. The molecule has 3 unspecified atom stereocenters. The van der Waals surface area contributed by atoms with Gasteiger partial charge in [0.2, 0.25) is 0 Å². The normalized spacial score (nSPS) is 13.5. The standard InChI is InChI=1S/C64H119O11P/c1-4-7-10-13-16-19-22-25-28-29-30-31-34-35-38-41-44-47-50-53-62(66)71-57-61(75-64(68)55-52-49-46-43-40-37-33-27-24-21-18-15-12-9-6-3)59-73-76(69,70)72-58-60(56-65)74-63(67)54-51-48-45-42-39-36-32-26-23-20-17-14-11-8-5-2/h16,19,25,28,30-31,60-61,65H,4-15,17-18,20-24,26-27,29,32-59H2,1-3H3,(H,69,70)/b19-16-,28-25-,31-30-. The zero-order valence-electron chi connectivity index (χ0n) is 49.5. The number of phosphoric acid groups is 1. The molecule has 0 aliphatic rings. The molecular formula is C64H119O11P. The number of unbranched alkanes of at least 4 members (excludes halogenated alkanes) is 37. The van der Waals surface area contributed by atoms with Gasteiger partial charge in [0, 0.05) is 19.3 Å². The fraction of sp³-hybridized carbons (Fsp3) is 0.859. The molecule has 0 aromatic rings. The first-order valence-corrected chi connectivity index (χ1v) is 33.4. The summed E-state index contributed by atoms with van der Waals surface area (Å²) in [4.78, 5) is 48.7. The maximum Gasteiger partial charge on any atom is 0.472 e. The smallest absolute Gasteiger partial charge is 0.462 e. The van der Waals surface area contributed by atoms with Crippen LogP contribution in [0.3, 0.4) is 0 Å². The zero-order valence-corrected chi connectivity index (χ0v) is 50.4. The van der Waals surface area contributed by atoms with E-state index in [1.807, 2.05) is 0 Å². The van der Waals surface area contributed by atoms with E-state index >= 15 is 0 Å². The van der Waals surface area contributed by atoms with E-state index in [1.165, 1.54) is 167 Å². The van der Waals surface area contributed by atoms with Crippen LogP contribution in [0.1, 0.15) is 316 Å². The molecule has 0 aliphatic heterocycles. The van der Waals surface area contributed by atoms with Crippen LogP contribution < -0.4 is 0 Å². The van der Waals surface area contributed by atoms with Crippen molar-refractivity contribution in [3.05, 3.63) is 36.5 Å². The fourth-order valence-corrected chi connectivity index (χ4v) is 9.97. The van der Waals surface area contributed by atoms with Crippen LogP contribution in [0.4, 0.5) is 0 Å². The van der Waals surface area contributed by atoms with E-state index < -0.39 is 57.8 Å². The molecule has 446 valence electrons. The lowest BCUT2D eigenvalue weighted by molar-refractivity contribution is -0.161.